The lowest BCUT2D eigenvalue weighted by molar-refractivity contribution is -0.133. The predicted octanol–water partition coefficient (Wildman–Crippen LogP) is 3.83. The number of aliphatic hydroxyl groups excluding tert-OH is 1. The number of rotatable bonds is 12. The Morgan fingerprint density at radius 2 is 1.74 bits per heavy atom. The summed E-state index contributed by atoms with van der Waals surface area (Å²) in [6.45, 7) is 2.63. The first-order valence-corrected chi connectivity index (χ1v) is 12.8. The topological polar surface area (TPSA) is 91.3 Å². The largest absolute Gasteiger partial charge is 0.381 e. The second kappa shape index (κ2) is 13.9. The monoisotopic (exact) mass is 465 g/mol. The highest BCUT2D eigenvalue weighted by Crippen LogP contribution is 2.32. The number of nitrogens with one attached hydrogen (secondary N) is 2. The lowest BCUT2D eigenvalue weighted by Gasteiger charge is -2.30. The van der Waals surface area contributed by atoms with Crippen molar-refractivity contribution in [3.63, 3.8) is 0 Å². The number of carbonyl (C=O) groups is 2. The zero-order valence-corrected chi connectivity index (χ0v) is 20.3. The highest BCUT2D eigenvalue weighted by Gasteiger charge is 2.32. The van der Waals surface area contributed by atoms with E-state index in [0.29, 0.717) is 19.4 Å². The van der Waals surface area contributed by atoms with Gasteiger partial charge in [-0.15, -0.1) is 0 Å². The fraction of sp³-hybridized carbons (Fsp3) is 0.536. The molecule has 1 heterocycles. The average Bonchev–Trinajstić information content (AvgIpc) is 2.88. The van der Waals surface area contributed by atoms with Crippen molar-refractivity contribution < 1.29 is 14.7 Å². The molecule has 1 aromatic carbocycles. The fourth-order valence-corrected chi connectivity index (χ4v) is 4.78. The van der Waals surface area contributed by atoms with Crippen molar-refractivity contribution in [2.75, 3.05) is 6.54 Å². The SMILES string of the molecule is CCCCC1CCC(C(=O)N[C@@H](Cc2ccccc2)[C@H](O)C(=O)NCCc2ccncc2)CC1. The molecule has 0 unspecified atom stereocenters. The van der Waals surface area contributed by atoms with Crippen LogP contribution in [-0.2, 0) is 22.4 Å². The minimum atomic E-state index is -1.32. The third kappa shape index (κ3) is 8.24. The zero-order chi connectivity index (χ0) is 24.2. The van der Waals surface area contributed by atoms with E-state index in [1.807, 2.05) is 42.5 Å². The quantitative estimate of drug-likeness (QED) is 0.444. The number of carbonyl (C=O) groups excluding carboxylic acids is 2. The van der Waals surface area contributed by atoms with Crippen molar-refractivity contribution in [1.82, 2.24) is 15.6 Å². The number of amides is 2. The van der Waals surface area contributed by atoms with Gasteiger partial charge in [-0.25, -0.2) is 0 Å². The van der Waals surface area contributed by atoms with E-state index < -0.39 is 18.1 Å². The van der Waals surface area contributed by atoms with Crippen LogP contribution in [0.15, 0.2) is 54.9 Å². The molecule has 1 aliphatic rings. The van der Waals surface area contributed by atoms with Crippen LogP contribution in [0, 0.1) is 11.8 Å². The lowest BCUT2D eigenvalue weighted by Crippen LogP contribution is -2.53. The number of nitrogens with zero attached hydrogens (tertiary/aromatic N) is 1. The van der Waals surface area contributed by atoms with E-state index in [0.717, 1.165) is 42.7 Å². The molecule has 6 heteroatoms. The second-order valence-electron chi connectivity index (χ2n) is 9.51. The number of pyridine rings is 1. The molecule has 0 aliphatic heterocycles. The van der Waals surface area contributed by atoms with Gasteiger partial charge < -0.3 is 15.7 Å². The standard InChI is InChI=1S/C28H39N3O3/c1-2-3-7-21-10-12-24(13-11-21)27(33)31-25(20-23-8-5-4-6-9-23)26(32)28(34)30-19-16-22-14-17-29-18-15-22/h4-6,8-9,14-15,17-18,21,24-26,32H,2-3,7,10-13,16,19-20H2,1H3,(H,30,34)(H,31,33)/t21?,24?,25-,26-/m0/s1. The van der Waals surface area contributed by atoms with Gasteiger partial charge in [-0.2, -0.15) is 0 Å². The molecular weight excluding hydrogens is 426 g/mol. The molecule has 1 aromatic heterocycles. The molecule has 6 nitrogen and oxygen atoms in total. The maximum atomic E-state index is 13.1. The van der Waals surface area contributed by atoms with Crippen molar-refractivity contribution in [2.24, 2.45) is 11.8 Å². The molecule has 1 fully saturated rings. The van der Waals surface area contributed by atoms with E-state index in [2.05, 4.69) is 22.5 Å². The normalized spacial score (nSPS) is 19.7. The van der Waals surface area contributed by atoms with Crippen LogP contribution in [-0.4, -0.2) is 40.6 Å². The van der Waals surface area contributed by atoms with Gasteiger partial charge in [0.2, 0.25) is 5.91 Å². The van der Waals surface area contributed by atoms with E-state index in [9.17, 15) is 14.7 Å². The van der Waals surface area contributed by atoms with E-state index in [1.54, 1.807) is 12.4 Å². The van der Waals surface area contributed by atoms with Gasteiger partial charge in [0, 0.05) is 24.9 Å². The van der Waals surface area contributed by atoms with Gasteiger partial charge >= 0.3 is 0 Å². The van der Waals surface area contributed by atoms with Crippen LogP contribution >= 0.6 is 0 Å². The van der Waals surface area contributed by atoms with Crippen molar-refractivity contribution in [3.8, 4) is 0 Å². The smallest absolute Gasteiger partial charge is 0.251 e. The molecule has 2 atom stereocenters. The Labute approximate surface area is 203 Å². The number of aliphatic hydroxyl groups is 1. The number of hydrogen-bond donors (Lipinski definition) is 3. The minimum absolute atomic E-state index is 0.0430. The van der Waals surface area contributed by atoms with Crippen LogP contribution < -0.4 is 10.6 Å². The second-order valence-corrected chi connectivity index (χ2v) is 9.51. The first-order valence-electron chi connectivity index (χ1n) is 12.8. The maximum absolute atomic E-state index is 13.1. The van der Waals surface area contributed by atoms with Gasteiger partial charge in [0.25, 0.3) is 5.91 Å². The first kappa shape index (κ1) is 25.9. The molecule has 3 N–H and O–H groups in total. The molecule has 0 radical (unpaired) electrons. The Hall–Kier alpha value is -2.73. The number of hydrogen-bond acceptors (Lipinski definition) is 4. The Morgan fingerprint density at radius 1 is 1.03 bits per heavy atom. The summed E-state index contributed by atoms with van der Waals surface area (Å²) in [6, 6.07) is 12.8. The summed E-state index contributed by atoms with van der Waals surface area (Å²) in [5, 5.41) is 16.7. The Bertz CT molecular complexity index is 867. The van der Waals surface area contributed by atoms with E-state index in [-0.39, 0.29) is 11.8 Å². The number of aromatic nitrogens is 1. The molecule has 3 rings (SSSR count). The molecule has 0 saturated heterocycles. The van der Waals surface area contributed by atoms with Crippen LogP contribution in [0.4, 0.5) is 0 Å². The van der Waals surface area contributed by atoms with Crippen LogP contribution in [0.3, 0.4) is 0 Å². The maximum Gasteiger partial charge on any atom is 0.251 e. The summed E-state index contributed by atoms with van der Waals surface area (Å²) in [5.74, 6) is 0.177. The predicted molar refractivity (Wildman–Crippen MR) is 134 cm³/mol. The van der Waals surface area contributed by atoms with Crippen LogP contribution in [0.2, 0.25) is 0 Å². The summed E-state index contributed by atoms with van der Waals surface area (Å²) in [7, 11) is 0. The molecule has 1 aliphatic carbocycles. The van der Waals surface area contributed by atoms with E-state index in [1.165, 1.54) is 19.3 Å². The van der Waals surface area contributed by atoms with Gasteiger partial charge in [-0.3, -0.25) is 14.6 Å². The van der Waals surface area contributed by atoms with Gasteiger partial charge in [0.15, 0.2) is 6.10 Å². The number of unbranched alkanes of at least 4 members (excludes halogenated alkanes) is 1. The molecular formula is C28H39N3O3. The van der Waals surface area contributed by atoms with Crippen LogP contribution in [0.25, 0.3) is 0 Å². The van der Waals surface area contributed by atoms with Crippen molar-refractivity contribution >= 4 is 11.8 Å². The van der Waals surface area contributed by atoms with E-state index >= 15 is 0 Å². The van der Waals surface area contributed by atoms with Gasteiger partial charge in [-0.05, 0) is 67.7 Å². The Kier molecular flexibility index (Phi) is 10.5. The molecule has 2 aromatic rings. The van der Waals surface area contributed by atoms with Crippen molar-refractivity contribution in [2.45, 2.75) is 76.9 Å². The third-order valence-electron chi connectivity index (χ3n) is 6.92. The third-order valence-corrected chi connectivity index (χ3v) is 6.92. The van der Waals surface area contributed by atoms with Crippen molar-refractivity contribution in [3.05, 3.63) is 66.0 Å². The van der Waals surface area contributed by atoms with Gasteiger partial charge in [0.05, 0.1) is 6.04 Å². The van der Waals surface area contributed by atoms with Gasteiger partial charge in [-0.1, -0.05) is 56.5 Å². The van der Waals surface area contributed by atoms with E-state index in [4.69, 9.17) is 0 Å². The summed E-state index contributed by atoms with van der Waals surface area (Å²) in [6.07, 6.45) is 10.8. The first-order chi connectivity index (χ1) is 16.6. The minimum Gasteiger partial charge on any atom is -0.381 e. The summed E-state index contributed by atoms with van der Waals surface area (Å²) in [4.78, 5) is 29.8. The summed E-state index contributed by atoms with van der Waals surface area (Å²) < 4.78 is 0. The molecule has 2 amide bonds. The molecule has 0 spiro atoms. The van der Waals surface area contributed by atoms with Crippen LogP contribution in [0.1, 0.15) is 63.0 Å². The molecule has 34 heavy (non-hydrogen) atoms. The highest BCUT2D eigenvalue weighted by atomic mass is 16.3. The number of benzene rings is 1. The lowest BCUT2D eigenvalue weighted by atomic mass is 9.79. The molecule has 184 valence electrons. The van der Waals surface area contributed by atoms with Crippen molar-refractivity contribution in [1.29, 1.82) is 0 Å². The average molecular weight is 466 g/mol. The summed E-state index contributed by atoms with van der Waals surface area (Å²) in [5.41, 5.74) is 2.04. The molecule has 0 bridgehead atoms. The summed E-state index contributed by atoms with van der Waals surface area (Å²) >= 11 is 0. The molecule has 1 saturated carbocycles. The Morgan fingerprint density at radius 3 is 2.41 bits per heavy atom. The fourth-order valence-electron chi connectivity index (χ4n) is 4.78. The highest BCUT2D eigenvalue weighted by molar-refractivity contribution is 5.84. The zero-order valence-electron chi connectivity index (χ0n) is 20.3. The Balaban J connectivity index is 1.56. The van der Waals surface area contributed by atoms with Crippen LogP contribution in [0.5, 0.6) is 0 Å². The van der Waals surface area contributed by atoms with Gasteiger partial charge in [0.1, 0.15) is 0 Å².